The van der Waals surface area contributed by atoms with Gasteiger partial charge < -0.3 is 9.72 Å². The average molecular weight is 374 g/mol. The van der Waals surface area contributed by atoms with Crippen LogP contribution in [0.1, 0.15) is 0 Å². The fourth-order valence-electron chi connectivity index (χ4n) is 2.36. The maximum Gasteiger partial charge on any atom is 0.261 e. The summed E-state index contributed by atoms with van der Waals surface area (Å²) in [6.07, 6.45) is 2.97. The lowest BCUT2D eigenvalue weighted by atomic mass is 10.2. The van der Waals surface area contributed by atoms with E-state index >= 15 is 0 Å². The molecule has 0 radical (unpaired) electrons. The number of rotatable bonds is 7. The molecule has 0 saturated heterocycles. The molecule has 136 valence electrons. The first kappa shape index (κ1) is 18.2. The number of hydrogen-bond acceptors (Lipinski definition) is 7. The minimum Gasteiger partial charge on any atom is -0.382 e. The van der Waals surface area contributed by atoms with Crippen LogP contribution in [0.3, 0.4) is 0 Å². The molecule has 0 aliphatic rings. The molecule has 0 spiro atoms. The van der Waals surface area contributed by atoms with Gasteiger partial charge in [-0.3, -0.25) is 13.8 Å². The zero-order chi connectivity index (χ0) is 18.5. The molecule has 1 aromatic carbocycles. The van der Waals surface area contributed by atoms with Crippen LogP contribution in [-0.2, 0) is 20.4 Å². The van der Waals surface area contributed by atoms with Gasteiger partial charge in [-0.05, 0) is 18.2 Å². The van der Waals surface area contributed by atoms with Gasteiger partial charge >= 0.3 is 0 Å². The summed E-state index contributed by atoms with van der Waals surface area (Å²) in [7, 11) is 0.145. The normalized spacial score (nSPS) is 12.2. The van der Waals surface area contributed by atoms with E-state index in [1.165, 1.54) is 17.5 Å². The largest absolute Gasteiger partial charge is 0.382 e. The Kier molecular flexibility index (Phi) is 5.71. The standard InChI is InChI=1S/C17H18N4O4S/c1-24-10-11-25-21(12-6-4-3-5-7-12)15-14-13(8-9-18-16(14)22)19-17(20-15)26(2)23/h3-9H,10-11H2,1-2H3,(H,18,22). The van der Waals surface area contributed by atoms with Gasteiger partial charge in [-0.25, -0.2) is 10.0 Å². The van der Waals surface area contributed by atoms with Crippen LogP contribution in [0.5, 0.6) is 0 Å². The molecule has 2 heterocycles. The maximum atomic E-state index is 12.4. The molecule has 1 atom stereocenters. The molecular formula is C17H18N4O4S. The molecule has 1 N–H and O–H groups in total. The first-order valence-electron chi connectivity index (χ1n) is 7.81. The molecule has 2 aromatic heterocycles. The monoisotopic (exact) mass is 374 g/mol. The number of H-pyrrole nitrogens is 1. The predicted molar refractivity (Wildman–Crippen MR) is 98.9 cm³/mol. The number of para-hydroxylation sites is 1. The molecule has 8 nitrogen and oxygen atoms in total. The first-order valence-corrected chi connectivity index (χ1v) is 9.37. The minimum atomic E-state index is -1.42. The predicted octanol–water partition coefficient (Wildman–Crippen LogP) is 1.77. The third-order valence-corrected chi connectivity index (χ3v) is 4.22. The molecule has 0 amide bonds. The van der Waals surface area contributed by atoms with Crippen LogP contribution >= 0.6 is 0 Å². The summed E-state index contributed by atoms with van der Waals surface area (Å²) in [6.45, 7) is 0.599. The Bertz CT molecular complexity index is 977. The second-order valence-electron chi connectivity index (χ2n) is 5.31. The fourth-order valence-corrected chi connectivity index (χ4v) is 2.80. The van der Waals surface area contributed by atoms with Gasteiger partial charge in [0.1, 0.15) is 5.39 Å². The van der Waals surface area contributed by atoms with Gasteiger partial charge in [-0.1, -0.05) is 18.2 Å². The highest BCUT2D eigenvalue weighted by Crippen LogP contribution is 2.28. The fraction of sp³-hybridized carbons (Fsp3) is 0.235. The quantitative estimate of drug-likeness (QED) is 0.382. The van der Waals surface area contributed by atoms with Crippen molar-refractivity contribution < 1.29 is 13.8 Å². The van der Waals surface area contributed by atoms with Crippen molar-refractivity contribution >= 4 is 33.2 Å². The molecule has 9 heteroatoms. The van der Waals surface area contributed by atoms with Gasteiger partial charge in [0.15, 0.2) is 5.82 Å². The smallest absolute Gasteiger partial charge is 0.261 e. The van der Waals surface area contributed by atoms with Crippen molar-refractivity contribution in [3.05, 3.63) is 52.9 Å². The molecule has 0 aliphatic carbocycles. The van der Waals surface area contributed by atoms with Gasteiger partial charge in [-0.15, -0.1) is 0 Å². The zero-order valence-electron chi connectivity index (χ0n) is 14.3. The number of methoxy groups -OCH3 is 1. The first-order chi connectivity index (χ1) is 12.6. The number of benzene rings is 1. The van der Waals surface area contributed by atoms with Crippen LogP contribution in [0.4, 0.5) is 11.5 Å². The van der Waals surface area contributed by atoms with E-state index in [0.29, 0.717) is 17.8 Å². The highest BCUT2D eigenvalue weighted by atomic mass is 32.2. The van der Waals surface area contributed by atoms with Crippen LogP contribution in [0.15, 0.2) is 52.5 Å². The second-order valence-corrected chi connectivity index (χ2v) is 6.58. The van der Waals surface area contributed by atoms with Crippen LogP contribution in [-0.4, -0.2) is 45.7 Å². The minimum absolute atomic E-state index is 0.120. The van der Waals surface area contributed by atoms with E-state index in [4.69, 9.17) is 9.57 Å². The van der Waals surface area contributed by atoms with E-state index in [0.717, 1.165) is 0 Å². The third kappa shape index (κ3) is 3.79. The van der Waals surface area contributed by atoms with E-state index in [2.05, 4.69) is 15.0 Å². The average Bonchev–Trinajstić information content (AvgIpc) is 2.65. The maximum absolute atomic E-state index is 12.4. The molecule has 1 unspecified atom stereocenters. The van der Waals surface area contributed by atoms with Crippen molar-refractivity contribution in [1.82, 2.24) is 15.0 Å². The van der Waals surface area contributed by atoms with Gasteiger partial charge in [0.05, 0.1) is 35.2 Å². The number of ether oxygens (including phenoxy) is 1. The molecule has 26 heavy (non-hydrogen) atoms. The Labute approximate surface area is 152 Å². The summed E-state index contributed by atoms with van der Waals surface area (Å²) in [5, 5.41) is 1.81. The molecule has 3 rings (SSSR count). The molecular weight excluding hydrogens is 356 g/mol. The lowest BCUT2D eigenvalue weighted by molar-refractivity contribution is 0.0702. The van der Waals surface area contributed by atoms with Crippen LogP contribution in [0, 0.1) is 0 Å². The second kappa shape index (κ2) is 8.17. The van der Waals surface area contributed by atoms with Gasteiger partial charge in [0.25, 0.3) is 5.56 Å². The summed E-state index contributed by atoms with van der Waals surface area (Å²) < 4.78 is 17.0. The van der Waals surface area contributed by atoms with Gasteiger partial charge in [0.2, 0.25) is 5.16 Å². The number of hydrogen-bond donors (Lipinski definition) is 1. The highest BCUT2D eigenvalue weighted by molar-refractivity contribution is 7.84. The van der Waals surface area contributed by atoms with E-state index in [9.17, 15) is 9.00 Å². The summed E-state index contributed by atoms with van der Waals surface area (Å²) in [4.78, 5) is 29.4. The number of fused-ring (bicyclic) bond motifs is 1. The number of pyridine rings is 1. The van der Waals surface area contributed by atoms with Crippen molar-refractivity contribution in [2.45, 2.75) is 5.16 Å². The Morgan fingerprint density at radius 3 is 2.62 bits per heavy atom. The lowest BCUT2D eigenvalue weighted by Gasteiger charge is -2.23. The zero-order valence-corrected chi connectivity index (χ0v) is 15.2. The Hall–Kier alpha value is -2.62. The summed E-state index contributed by atoms with van der Waals surface area (Å²) in [5.41, 5.74) is 0.696. The van der Waals surface area contributed by atoms with Crippen molar-refractivity contribution in [3.63, 3.8) is 0 Å². The highest BCUT2D eigenvalue weighted by Gasteiger charge is 2.20. The Morgan fingerprint density at radius 2 is 1.92 bits per heavy atom. The summed E-state index contributed by atoms with van der Waals surface area (Å²) in [5.74, 6) is 0.226. The molecule has 3 aromatic rings. The number of aromatic amines is 1. The molecule has 0 saturated carbocycles. The molecule has 0 aliphatic heterocycles. The van der Waals surface area contributed by atoms with Crippen molar-refractivity contribution in [3.8, 4) is 0 Å². The number of nitrogens with zero attached hydrogens (tertiary/aromatic N) is 3. The van der Waals surface area contributed by atoms with E-state index in [-0.39, 0.29) is 28.5 Å². The van der Waals surface area contributed by atoms with Gasteiger partial charge in [0, 0.05) is 19.6 Å². The topological polar surface area (TPSA) is 97.4 Å². The van der Waals surface area contributed by atoms with E-state index in [1.54, 1.807) is 13.2 Å². The van der Waals surface area contributed by atoms with Crippen molar-refractivity contribution in [2.24, 2.45) is 0 Å². The Balaban J connectivity index is 2.23. The molecule has 0 bridgehead atoms. The van der Waals surface area contributed by atoms with Gasteiger partial charge in [-0.2, -0.15) is 4.98 Å². The third-order valence-electron chi connectivity index (χ3n) is 3.53. The number of aromatic nitrogens is 3. The number of nitrogens with one attached hydrogen (secondary N) is 1. The molecule has 0 fully saturated rings. The van der Waals surface area contributed by atoms with E-state index in [1.807, 2.05) is 30.3 Å². The van der Waals surface area contributed by atoms with Crippen LogP contribution < -0.4 is 10.6 Å². The van der Waals surface area contributed by atoms with Crippen molar-refractivity contribution in [2.75, 3.05) is 31.6 Å². The number of anilines is 2. The Morgan fingerprint density at radius 1 is 1.15 bits per heavy atom. The summed E-state index contributed by atoms with van der Waals surface area (Å²) >= 11 is 0. The van der Waals surface area contributed by atoms with Crippen LogP contribution in [0.25, 0.3) is 10.9 Å². The van der Waals surface area contributed by atoms with Crippen LogP contribution in [0.2, 0.25) is 0 Å². The lowest BCUT2D eigenvalue weighted by Crippen LogP contribution is -2.24. The SMILES string of the molecule is COCCON(c1ccccc1)c1nc(S(C)=O)nc2cc[nH]c(=O)c12. The van der Waals surface area contributed by atoms with Crippen molar-refractivity contribution in [1.29, 1.82) is 0 Å². The summed E-state index contributed by atoms with van der Waals surface area (Å²) in [6, 6.07) is 10.8. The van der Waals surface area contributed by atoms with E-state index < -0.39 is 10.8 Å².